The van der Waals surface area contributed by atoms with E-state index in [1.807, 2.05) is 20.8 Å². The van der Waals surface area contributed by atoms with Crippen LogP contribution in [0.2, 0.25) is 0 Å². The summed E-state index contributed by atoms with van der Waals surface area (Å²) >= 11 is 0. The SMILES string of the molecule is C[C@@H](OC1CCC(C(=O)OC(C)(C)C)CC1)c1nc(-c2ccc(S(C)(=O)=O)c(F)c2)no1. The van der Waals surface area contributed by atoms with E-state index < -0.39 is 27.4 Å². The summed E-state index contributed by atoms with van der Waals surface area (Å²) in [6.07, 6.45) is 3.21. The Hall–Kier alpha value is -2.33. The van der Waals surface area contributed by atoms with Gasteiger partial charge in [0.15, 0.2) is 9.84 Å². The highest BCUT2D eigenvalue weighted by Crippen LogP contribution is 2.32. The van der Waals surface area contributed by atoms with E-state index in [1.165, 1.54) is 12.1 Å². The van der Waals surface area contributed by atoms with Crippen LogP contribution in [0.3, 0.4) is 0 Å². The number of rotatable bonds is 6. The fourth-order valence-electron chi connectivity index (χ4n) is 3.62. The monoisotopic (exact) mass is 468 g/mol. The van der Waals surface area contributed by atoms with Crippen molar-refractivity contribution in [3.8, 4) is 11.4 Å². The van der Waals surface area contributed by atoms with Gasteiger partial charge in [-0.2, -0.15) is 4.98 Å². The van der Waals surface area contributed by atoms with Crippen molar-refractivity contribution in [2.45, 2.75) is 76.1 Å². The van der Waals surface area contributed by atoms with E-state index in [2.05, 4.69) is 10.1 Å². The van der Waals surface area contributed by atoms with Crippen molar-refractivity contribution in [2.24, 2.45) is 5.92 Å². The minimum absolute atomic E-state index is 0.0504. The van der Waals surface area contributed by atoms with Crippen LogP contribution in [-0.2, 0) is 24.1 Å². The molecule has 1 aromatic carbocycles. The molecule has 0 N–H and O–H groups in total. The van der Waals surface area contributed by atoms with E-state index >= 15 is 0 Å². The second-order valence-electron chi connectivity index (χ2n) is 9.16. The van der Waals surface area contributed by atoms with Crippen molar-refractivity contribution >= 4 is 15.8 Å². The maximum atomic E-state index is 14.2. The number of nitrogens with zero attached hydrogens (tertiary/aromatic N) is 2. The number of sulfone groups is 1. The van der Waals surface area contributed by atoms with Crippen molar-refractivity contribution in [1.29, 1.82) is 0 Å². The normalized spacial score (nSPS) is 20.7. The summed E-state index contributed by atoms with van der Waals surface area (Å²) in [5.41, 5.74) is -0.196. The van der Waals surface area contributed by atoms with Crippen molar-refractivity contribution in [3.63, 3.8) is 0 Å². The zero-order chi connectivity index (χ0) is 23.7. The Bertz CT molecular complexity index is 1070. The summed E-state index contributed by atoms with van der Waals surface area (Å²) in [7, 11) is -3.66. The minimum Gasteiger partial charge on any atom is -0.460 e. The van der Waals surface area contributed by atoms with Gasteiger partial charge in [0.05, 0.1) is 12.0 Å². The average Bonchev–Trinajstić information content (AvgIpc) is 3.16. The number of ether oxygens (including phenoxy) is 2. The third-order valence-corrected chi connectivity index (χ3v) is 6.32. The van der Waals surface area contributed by atoms with Crippen LogP contribution in [0.5, 0.6) is 0 Å². The van der Waals surface area contributed by atoms with Crippen LogP contribution < -0.4 is 0 Å². The summed E-state index contributed by atoms with van der Waals surface area (Å²) < 4.78 is 54.1. The molecule has 1 atom stereocenters. The highest BCUT2D eigenvalue weighted by Gasteiger charge is 2.31. The summed E-state index contributed by atoms with van der Waals surface area (Å²) in [5.74, 6) is -0.781. The van der Waals surface area contributed by atoms with Gasteiger partial charge in [0, 0.05) is 11.8 Å². The molecule has 0 amide bonds. The topological polar surface area (TPSA) is 109 Å². The number of carbonyl (C=O) groups is 1. The lowest BCUT2D eigenvalue weighted by atomic mass is 9.87. The van der Waals surface area contributed by atoms with Gasteiger partial charge in [-0.1, -0.05) is 5.16 Å². The zero-order valence-corrected chi connectivity index (χ0v) is 19.7. The second kappa shape index (κ2) is 9.27. The molecule has 1 aliphatic carbocycles. The van der Waals surface area contributed by atoms with Crippen LogP contribution in [-0.4, -0.2) is 42.5 Å². The highest BCUT2D eigenvalue weighted by atomic mass is 32.2. The van der Waals surface area contributed by atoms with Crippen LogP contribution in [0.15, 0.2) is 27.6 Å². The summed E-state index contributed by atoms with van der Waals surface area (Å²) in [6.45, 7) is 7.35. The number of benzene rings is 1. The van der Waals surface area contributed by atoms with Crippen LogP contribution in [0.4, 0.5) is 4.39 Å². The van der Waals surface area contributed by atoms with Gasteiger partial charge in [-0.25, -0.2) is 12.8 Å². The molecule has 0 radical (unpaired) electrons. The molecule has 0 spiro atoms. The number of hydrogen-bond donors (Lipinski definition) is 0. The Morgan fingerprint density at radius 3 is 2.44 bits per heavy atom. The first kappa shape index (κ1) is 24.3. The summed E-state index contributed by atoms with van der Waals surface area (Å²) in [5, 5.41) is 3.86. The van der Waals surface area contributed by atoms with Crippen molar-refractivity contribution in [3.05, 3.63) is 29.9 Å². The van der Waals surface area contributed by atoms with Crippen molar-refractivity contribution in [2.75, 3.05) is 6.26 Å². The van der Waals surface area contributed by atoms with Crippen molar-refractivity contribution < 1.29 is 31.6 Å². The molecule has 0 aliphatic heterocycles. The van der Waals surface area contributed by atoms with Crippen LogP contribution in [0, 0.1) is 11.7 Å². The number of carbonyl (C=O) groups excluding carboxylic acids is 1. The van der Waals surface area contributed by atoms with E-state index in [4.69, 9.17) is 14.0 Å². The maximum absolute atomic E-state index is 14.2. The molecule has 32 heavy (non-hydrogen) atoms. The fourth-order valence-corrected chi connectivity index (χ4v) is 4.35. The minimum atomic E-state index is -3.66. The Balaban J connectivity index is 1.58. The quantitative estimate of drug-likeness (QED) is 0.579. The number of halogens is 1. The standard InChI is InChI=1S/C22H29FN2O6S/c1-13(29-16-9-6-14(7-10-16)21(26)30-22(2,3)4)20-24-19(25-31-20)15-8-11-18(17(23)12-15)32(5,27)28/h8,11-14,16H,6-7,9-10H2,1-5H3/t13-,14?,16?/m1/s1. The van der Waals surface area contributed by atoms with Gasteiger partial charge in [-0.3, -0.25) is 4.79 Å². The first-order valence-corrected chi connectivity index (χ1v) is 12.4. The van der Waals surface area contributed by atoms with Crippen LogP contribution >= 0.6 is 0 Å². The summed E-state index contributed by atoms with van der Waals surface area (Å²) in [4.78, 5) is 16.1. The molecule has 0 unspecified atom stereocenters. The lowest BCUT2D eigenvalue weighted by molar-refractivity contribution is -0.162. The molecule has 1 fully saturated rings. The first-order chi connectivity index (χ1) is 14.8. The number of hydrogen-bond acceptors (Lipinski definition) is 8. The van der Waals surface area contributed by atoms with Crippen LogP contribution in [0.1, 0.15) is 65.4 Å². The Morgan fingerprint density at radius 2 is 1.88 bits per heavy atom. The van der Waals surface area contributed by atoms with Crippen molar-refractivity contribution in [1.82, 2.24) is 10.1 Å². The zero-order valence-electron chi connectivity index (χ0n) is 18.9. The predicted octanol–water partition coefficient (Wildman–Crippen LogP) is 4.26. The smallest absolute Gasteiger partial charge is 0.309 e. The van der Waals surface area contributed by atoms with E-state index in [1.54, 1.807) is 6.92 Å². The first-order valence-electron chi connectivity index (χ1n) is 10.6. The Kier molecular flexibility index (Phi) is 7.04. The molecule has 0 bridgehead atoms. The molecule has 3 rings (SSSR count). The molecule has 1 heterocycles. The van der Waals surface area contributed by atoms with E-state index in [0.29, 0.717) is 31.2 Å². The van der Waals surface area contributed by atoms with E-state index in [9.17, 15) is 17.6 Å². The van der Waals surface area contributed by atoms with E-state index in [-0.39, 0.29) is 34.6 Å². The molecule has 176 valence electrons. The molecule has 0 saturated heterocycles. The average molecular weight is 469 g/mol. The third-order valence-electron chi connectivity index (χ3n) is 5.19. The molecular weight excluding hydrogens is 439 g/mol. The van der Waals surface area contributed by atoms with Gasteiger partial charge in [-0.05, 0) is 71.6 Å². The fraction of sp³-hybridized carbons (Fsp3) is 0.591. The molecule has 2 aromatic rings. The maximum Gasteiger partial charge on any atom is 0.309 e. The van der Waals surface area contributed by atoms with E-state index in [0.717, 1.165) is 12.3 Å². The van der Waals surface area contributed by atoms with Gasteiger partial charge < -0.3 is 14.0 Å². The second-order valence-corrected chi connectivity index (χ2v) is 11.1. The number of esters is 1. The lowest BCUT2D eigenvalue weighted by Crippen LogP contribution is -2.32. The van der Waals surface area contributed by atoms with Gasteiger partial charge >= 0.3 is 5.97 Å². The third kappa shape index (κ3) is 6.13. The highest BCUT2D eigenvalue weighted by molar-refractivity contribution is 7.90. The Morgan fingerprint density at radius 1 is 1.22 bits per heavy atom. The van der Waals surface area contributed by atoms with Gasteiger partial charge in [0.2, 0.25) is 5.82 Å². The molecule has 1 saturated carbocycles. The number of aromatic nitrogens is 2. The van der Waals surface area contributed by atoms with Gasteiger partial charge in [-0.15, -0.1) is 0 Å². The molecule has 8 nitrogen and oxygen atoms in total. The molecule has 10 heteroatoms. The largest absolute Gasteiger partial charge is 0.460 e. The molecule has 1 aromatic heterocycles. The lowest BCUT2D eigenvalue weighted by Gasteiger charge is -2.30. The Labute approximate surface area is 187 Å². The molecular formula is C22H29FN2O6S. The van der Waals surface area contributed by atoms with Crippen LogP contribution in [0.25, 0.3) is 11.4 Å². The molecule has 1 aliphatic rings. The summed E-state index contributed by atoms with van der Waals surface area (Å²) in [6, 6.07) is 3.67. The van der Waals surface area contributed by atoms with Gasteiger partial charge in [0.25, 0.3) is 5.89 Å². The van der Waals surface area contributed by atoms with Gasteiger partial charge in [0.1, 0.15) is 22.4 Å². The predicted molar refractivity (Wildman–Crippen MR) is 114 cm³/mol.